The van der Waals surface area contributed by atoms with E-state index in [1.165, 1.54) is 81.8 Å². The van der Waals surface area contributed by atoms with Crippen molar-refractivity contribution in [2.75, 3.05) is 0 Å². The third-order valence-corrected chi connectivity index (χ3v) is 7.49. The van der Waals surface area contributed by atoms with Crippen LogP contribution >= 0.6 is 0 Å². The van der Waals surface area contributed by atoms with Crippen molar-refractivity contribution >= 4 is 8.32 Å². The van der Waals surface area contributed by atoms with Gasteiger partial charge in [0.2, 0.25) is 0 Å². The average Bonchev–Trinajstić information content (AvgIpc) is 2.80. The fourth-order valence-electron chi connectivity index (χ4n) is 4.51. The largest absolute Gasteiger partial charge is 0.415 e. The lowest BCUT2D eigenvalue weighted by Gasteiger charge is -2.23. The molecule has 0 fully saturated rings. The molecule has 0 aliphatic carbocycles. The highest BCUT2D eigenvalue weighted by Crippen LogP contribution is 2.20. The van der Waals surface area contributed by atoms with Crippen LogP contribution in [0.4, 0.5) is 0 Å². The minimum absolute atomic E-state index is 0.383. The molecule has 0 saturated heterocycles. The molecule has 190 valence electrons. The number of aromatic nitrogens is 2. The van der Waals surface area contributed by atoms with Crippen LogP contribution in [0.2, 0.25) is 19.6 Å². The second kappa shape index (κ2) is 16.2. The summed E-state index contributed by atoms with van der Waals surface area (Å²) < 4.78 is 6.12. The smallest absolute Gasteiger partial charge is 0.184 e. The van der Waals surface area contributed by atoms with Gasteiger partial charge in [-0.3, -0.25) is 0 Å². The van der Waals surface area contributed by atoms with Crippen LogP contribution < -0.4 is 0 Å². The van der Waals surface area contributed by atoms with Crippen LogP contribution in [0.1, 0.15) is 102 Å². The molecule has 0 aliphatic rings. The van der Waals surface area contributed by atoms with E-state index in [0.717, 1.165) is 30.7 Å². The van der Waals surface area contributed by atoms with Crippen molar-refractivity contribution in [3.05, 3.63) is 48.0 Å². The Balaban J connectivity index is 1.63. The van der Waals surface area contributed by atoms with Gasteiger partial charge in [0.15, 0.2) is 8.32 Å². The molecule has 1 aromatic carbocycles. The van der Waals surface area contributed by atoms with E-state index < -0.39 is 8.32 Å². The van der Waals surface area contributed by atoms with Gasteiger partial charge in [0.25, 0.3) is 0 Å². The molecule has 3 nitrogen and oxygen atoms in total. The summed E-state index contributed by atoms with van der Waals surface area (Å²) in [5.41, 5.74) is 3.76. The molecular formula is C30H50N2OSi. The average molecular weight is 483 g/mol. The molecule has 1 unspecified atom stereocenters. The third kappa shape index (κ3) is 12.8. The summed E-state index contributed by atoms with van der Waals surface area (Å²) in [6.07, 6.45) is 22.2. The monoisotopic (exact) mass is 482 g/mol. The van der Waals surface area contributed by atoms with Crippen LogP contribution in [0.25, 0.3) is 11.1 Å². The van der Waals surface area contributed by atoms with Gasteiger partial charge in [-0.25, -0.2) is 9.97 Å². The maximum atomic E-state index is 6.12. The van der Waals surface area contributed by atoms with Gasteiger partial charge in [-0.05, 0) is 63.4 Å². The molecule has 0 spiro atoms. The van der Waals surface area contributed by atoms with Crippen LogP contribution in [-0.4, -0.2) is 24.4 Å². The zero-order valence-electron chi connectivity index (χ0n) is 22.7. The molecule has 0 radical (unpaired) electrons. The first-order valence-electron chi connectivity index (χ1n) is 14.0. The van der Waals surface area contributed by atoms with Crippen molar-refractivity contribution in [2.45, 2.75) is 129 Å². The SMILES string of the molecule is CCCCCCCCCCc1ccc(-c2cnc(CCCCCC(C)O[Si](C)(C)C)nc2)cc1. The number of unbranched alkanes of at least 4 members (excludes halogenated alkanes) is 9. The van der Waals surface area contributed by atoms with E-state index in [1.807, 2.05) is 12.4 Å². The Morgan fingerprint density at radius 2 is 1.26 bits per heavy atom. The van der Waals surface area contributed by atoms with Gasteiger partial charge in [-0.1, -0.05) is 89.0 Å². The zero-order chi connectivity index (χ0) is 24.7. The lowest BCUT2D eigenvalue weighted by molar-refractivity contribution is 0.199. The molecule has 34 heavy (non-hydrogen) atoms. The Morgan fingerprint density at radius 1 is 0.706 bits per heavy atom. The van der Waals surface area contributed by atoms with Gasteiger partial charge in [0.05, 0.1) is 0 Å². The summed E-state index contributed by atoms with van der Waals surface area (Å²) in [4.78, 5) is 9.25. The summed E-state index contributed by atoms with van der Waals surface area (Å²) in [6.45, 7) is 11.3. The minimum Gasteiger partial charge on any atom is -0.415 e. The number of hydrogen-bond acceptors (Lipinski definition) is 3. The molecule has 0 aliphatic heterocycles. The van der Waals surface area contributed by atoms with Gasteiger partial charge in [0, 0.05) is 30.5 Å². The van der Waals surface area contributed by atoms with Crippen LogP contribution in [0.5, 0.6) is 0 Å². The van der Waals surface area contributed by atoms with Gasteiger partial charge in [-0.2, -0.15) is 0 Å². The summed E-state index contributed by atoms with van der Waals surface area (Å²) in [7, 11) is -1.41. The van der Waals surface area contributed by atoms with Gasteiger partial charge in [-0.15, -0.1) is 0 Å². The van der Waals surface area contributed by atoms with Crippen LogP contribution in [0, 0.1) is 0 Å². The Hall–Kier alpha value is -1.52. The van der Waals surface area contributed by atoms with E-state index in [0.29, 0.717) is 6.10 Å². The lowest BCUT2D eigenvalue weighted by atomic mass is 10.0. The van der Waals surface area contributed by atoms with Crippen molar-refractivity contribution in [1.29, 1.82) is 0 Å². The van der Waals surface area contributed by atoms with E-state index in [9.17, 15) is 0 Å². The van der Waals surface area contributed by atoms with Crippen LogP contribution in [0.15, 0.2) is 36.7 Å². The van der Waals surface area contributed by atoms with Crippen molar-refractivity contribution in [1.82, 2.24) is 9.97 Å². The van der Waals surface area contributed by atoms with Crippen molar-refractivity contribution in [3.8, 4) is 11.1 Å². The maximum Gasteiger partial charge on any atom is 0.184 e. The molecule has 0 bridgehead atoms. The van der Waals surface area contributed by atoms with E-state index in [4.69, 9.17) is 4.43 Å². The normalized spacial score (nSPS) is 12.7. The summed E-state index contributed by atoms with van der Waals surface area (Å²) >= 11 is 0. The summed E-state index contributed by atoms with van der Waals surface area (Å²) in [6, 6.07) is 9.00. The fourth-order valence-corrected chi connectivity index (χ4v) is 5.84. The highest BCUT2D eigenvalue weighted by molar-refractivity contribution is 6.69. The Morgan fingerprint density at radius 3 is 1.88 bits per heavy atom. The van der Waals surface area contributed by atoms with E-state index in [2.05, 4.69) is 67.7 Å². The molecule has 0 N–H and O–H groups in total. The first-order valence-corrected chi connectivity index (χ1v) is 17.4. The number of rotatable bonds is 18. The number of hydrogen-bond donors (Lipinski definition) is 0. The Bertz CT molecular complexity index is 768. The molecule has 2 aromatic rings. The lowest BCUT2D eigenvalue weighted by Crippen LogP contribution is -2.30. The van der Waals surface area contributed by atoms with Crippen LogP contribution in [0.3, 0.4) is 0 Å². The third-order valence-electron chi connectivity index (χ3n) is 6.38. The van der Waals surface area contributed by atoms with E-state index in [1.54, 1.807) is 0 Å². The zero-order valence-corrected chi connectivity index (χ0v) is 23.7. The standard InChI is InChI=1S/C30H50N2OSi/c1-6-7-8-9-10-11-12-15-18-27-20-22-28(23-21-27)29-24-31-30(32-25-29)19-16-13-14-17-26(2)33-34(3,4)5/h20-26H,6-19H2,1-5H3. The molecule has 1 atom stereocenters. The molecule has 0 amide bonds. The molecular weight excluding hydrogens is 432 g/mol. The number of benzene rings is 1. The first kappa shape index (κ1) is 28.7. The molecule has 1 heterocycles. The Labute approximate surface area is 211 Å². The van der Waals surface area contributed by atoms with E-state index in [-0.39, 0.29) is 0 Å². The highest BCUT2D eigenvalue weighted by atomic mass is 28.4. The van der Waals surface area contributed by atoms with Crippen molar-refractivity contribution < 1.29 is 4.43 Å². The van der Waals surface area contributed by atoms with E-state index >= 15 is 0 Å². The predicted octanol–water partition coefficient (Wildman–Crippen LogP) is 9.17. The molecule has 4 heteroatoms. The summed E-state index contributed by atoms with van der Waals surface area (Å²) in [5.74, 6) is 0.960. The molecule has 1 aromatic heterocycles. The number of aryl methyl sites for hydroxylation is 2. The first-order chi connectivity index (χ1) is 16.4. The van der Waals surface area contributed by atoms with Gasteiger partial charge < -0.3 is 4.43 Å². The topological polar surface area (TPSA) is 35.0 Å². The predicted molar refractivity (Wildman–Crippen MR) is 150 cm³/mol. The van der Waals surface area contributed by atoms with Gasteiger partial charge >= 0.3 is 0 Å². The highest BCUT2D eigenvalue weighted by Gasteiger charge is 2.17. The Kier molecular flexibility index (Phi) is 13.7. The van der Waals surface area contributed by atoms with Crippen molar-refractivity contribution in [3.63, 3.8) is 0 Å². The second-order valence-corrected chi connectivity index (χ2v) is 15.4. The molecule has 0 saturated carbocycles. The second-order valence-electron chi connectivity index (χ2n) is 10.9. The van der Waals surface area contributed by atoms with Crippen LogP contribution in [-0.2, 0) is 17.3 Å². The fraction of sp³-hybridized carbons (Fsp3) is 0.667. The summed E-state index contributed by atoms with van der Waals surface area (Å²) in [5, 5.41) is 0. The van der Waals surface area contributed by atoms with Gasteiger partial charge in [0.1, 0.15) is 5.82 Å². The number of nitrogens with zero attached hydrogens (tertiary/aromatic N) is 2. The quantitative estimate of drug-likeness (QED) is 0.157. The minimum atomic E-state index is -1.41. The van der Waals surface area contributed by atoms with Crippen molar-refractivity contribution in [2.24, 2.45) is 0 Å². The maximum absolute atomic E-state index is 6.12. The molecule has 2 rings (SSSR count).